The lowest BCUT2D eigenvalue weighted by molar-refractivity contribution is -0.137. The van der Waals surface area contributed by atoms with E-state index in [0.717, 1.165) is 12.5 Å². The number of nitrogens with zero attached hydrogens (tertiary/aromatic N) is 1. The van der Waals surface area contributed by atoms with Gasteiger partial charge in [-0.15, -0.1) is 0 Å². The second kappa shape index (κ2) is 6.43. The summed E-state index contributed by atoms with van der Waals surface area (Å²) < 4.78 is 38.3. The first kappa shape index (κ1) is 16.8. The predicted octanol–water partition coefficient (Wildman–Crippen LogP) is 3.70. The maximum absolute atomic E-state index is 12.8. The van der Waals surface area contributed by atoms with E-state index in [2.05, 4.69) is 10.3 Å². The molecule has 0 saturated carbocycles. The topological polar surface area (TPSA) is 45.1 Å². The molecule has 0 spiro atoms. The number of nitrogens with one attached hydrogen (secondary N) is 1. The number of aliphatic hydroxyl groups is 1. The van der Waals surface area contributed by atoms with Crippen molar-refractivity contribution in [2.24, 2.45) is 5.92 Å². The van der Waals surface area contributed by atoms with Gasteiger partial charge in [0, 0.05) is 12.7 Å². The fourth-order valence-electron chi connectivity index (χ4n) is 1.74. The maximum atomic E-state index is 12.8. The molecule has 0 aromatic carbocycles. The Morgan fingerprint density at radius 2 is 2.00 bits per heavy atom. The normalized spacial score (nSPS) is 15.2. The van der Waals surface area contributed by atoms with E-state index in [4.69, 9.17) is 0 Å². The molecule has 0 aliphatic carbocycles. The highest BCUT2D eigenvalue weighted by molar-refractivity contribution is 5.45. The number of pyridine rings is 1. The van der Waals surface area contributed by atoms with Crippen LogP contribution in [0, 0.1) is 5.92 Å². The summed E-state index contributed by atoms with van der Waals surface area (Å²) in [6, 6.07) is 2.21. The standard InChI is InChI=1S/C14H21F3N2O/c1-10(2)6-7-13(3,20)9-19-12-11(14(15,16)17)5-4-8-18-12/h4-5,8,10,20H,6-7,9H2,1-3H3,(H,18,19). The summed E-state index contributed by atoms with van der Waals surface area (Å²) in [5, 5.41) is 12.7. The van der Waals surface area contributed by atoms with Gasteiger partial charge in [0.2, 0.25) is 0 Å². The molecule has 1 heterocycles. The van der Waals surface area contributed by atoms with E-state index in [1.165, 1.54) is 12.3 Å². The van der Waals surface area contributed by atoms with E-state index < -0.39 is 17.3 Å². The van der Waals surface area contributed by atoms with Gasteiger partial charge in [0.1, 0.15) is 5.82 Å². The molecule has 114 valence electrons. The molecule has 1 atom stereocenters. The number of rotatable bonds is 6. The molecule has 0 radical (unpaired) electrons. The molecule has 0 bridgehead atoms. The van der Waals surface area contributed by atoms with E-state index in [-0.39, 0.29) is 12.4 Å². The predicted molar refractivity (Wildman–Crippen MR) is 72.4 cm³/mol. The highest BCUT2D eigenvalue weighted by atomic mass is 19.4. The van der Waals surface area contributed by atoms with Gasteiger partial charge in [0.05, 0.1) is 11.2 Å². The first-order valence-corrected chi connectivity index (χ1v) is 6.60. The second-order valence-corrected chi connectivity index (χ2v) is 5.68. The zero-order chi connectivity index (χ0) is 15.4. The van der Waals surface area contributed by atoms with Gasteiger partial charge < -0.3 is 10.4 Å². The molecule has 1 unspecified atom stereocenters. The van der Waals surface area contributed by atoms with Gasteiger partial charge in [-0.3, -0.25) is 0 Å². The number of hydrogen-bond acceptors (Lipinski definition) is 3. The van der Waals surface area contributed by atoms with Gasteiger partial charge in [-0.1, -0.05) is 13.8 Å². The summed E-state index contributed by atoms with van der Waals surface area (Å²) in [6.07, 6.45) is -1.84. The van der Waals surface area contributed by atoms with E-state index in [0.29, 0.717) is 12.3 Å². The molecule has 0 aliphatic rings. The lowest BCUT2D eigenvalue weighted by Crippen LogP contribution is -2.34. The number of aromatic nitrogens is 1. The molecule has 0 saturated heterocycles. The van der Waals surface area contributed by atoms with Crippen molar-refractivity contribution in [3.8, 4) is 0 Å². The van der Waals surface area contributed by atoms with Gasteiger partial charge in [0.15, 0.2) is 0 Å². The Kier molecular flexibility index (Phi) is 5.39. The van der Waals surface area contributed by atoms with Crippen LogP contribution in [0.15, 0.2) is 18.3 Å². The second-order valence-electron chi connectivity index (χ2n) is 5.68. The number of alkyl halides is 3. The van der Waals surface area contributed by atoms with Crippen LogP contribution in [0.1, 0.15) is 39.2 Å². The SMILES string of the molecule is CC(C)CCC(C)(O)CNc1ncccc1C(F)(F)F. The molecule has 0 fully saturated rings. The van der Waals surface area contributed by atoms with E-state index >= 15 is 0 Å². The van der Waals surface area contributed by atoms with Crippen molar-refractivity contribution in [1.29, 1.82) is 0 Å². The van der Waals surface area contributed by atoms with E-state index in [1.54, 1.807) is 6.92 Å². The molecule has 0 amide bonds. The quantitative estimate of drug-likeness (QED) is 0.839. The zero-order valence-corrected chi connectivity index (χ0v) is 12.0. The van der Waals surface area contributed by atoms with Crippen LogP contribution >= 0.6 is 0 Å². The average molecular weight is 290 g/mol. The first-order chi connectivity index (χ1) is 9.12. The molecule has 2 N–H and O–H groups in total. The van der Waals surface area contributed by atoms with Gasteiger partial charge in [-0.05, 0) is 37.8 Å². The minimum atomic E-state index is -4.46. The third kappa shape index (κ3) is 5.36. The first-order valence-electron chi connectivity index (χ1n) is 6.60. The fraction of sp³-hybridized carbons (Fsp3) is 0.643. The van der Waals surface area contributed by atoms with Crippen molar-refractivity contribution in [3.63, 3.8) is 0 Å². The lowest BCUT2D eigenvalue weighted by Gasteiger charge is -2.25. The van der Waals surface area contributed by atoms with Crippen LogP contribution in [0.5, 0.6) is 0 Å². The molecule has 6 heteroatoms. The van der Waals surface area contributed by atoms with Crippen molar-refractivity contribution < 1.29 is 18.3 Å². The van der Waals surface area contributed by atoms with Gasteiger partial charge in [0.25, 0.3) is 0 Å². The molecular weight excluding hydrogens is 269 g/mol. The van der Waals surface area contributed by atoms with Crippen LogP contribution in [0.2, 0.25) is 0 Å². The maximum Gasteiger partial charge on any atom is 0.419 e. The van der Waals surface area contributed by atoms with Crippen LogP contribution in [0.4, 0.5) is 19.0 Å². The van der Waals surface area contributed by atoms with Crippen molar-refractivity contribution in [3.05, 3.63) is 23.9 Å². The molecule has 1 rings (SSSR count). The fourth-order valence-corrected chi connectivity index (χ4v) is 1.74. The van der Waals surface area contributed by atoms with Gasteiger partial charge >= 0.3 is 6.18 Å². The third-order valence-electron chi connectivity index (χ3n) is 3.01. The Hall–Kier alpha value is -1.30. The molecule has 1 aromatic heterocycles. The zero-order valence-electron chi connectivity index (χ0n) is 12.0. The minimum Gasteiger partial charge on any atom is -0.388 e. The highest BCUT2D eigenvalue weighted by Crippen LogP contribution is 2.33. The summed E-state index contributed by atoms with van der Waals surface area (Å²) in [6.45, 7) is 5.70. The van der Waals surface area contributed by atoms with Gasteiger partial charge in [-0.2, -0.15) is 13.2 Å². The van der Waals surface area contributed by atoms with Gasteiger partial charge in [-0.25, -0.2) is 4.98 Å². The van der Waals surface area contributed by atoms with Crippen LogP contribution in [-0.4, -0.2) is 22.2 Å². The Bertz CT molecular complexity index is 431. The molecule has 0 aliphatic heterocycles. The summed E-state index contributed by atoms with van der Waals surface area (Å²) >= 11 is 0. The van der Waals surface area contributed by atoms with Crippen molar-refractivity contribution in [2.45, 2.75) is 45.4 Å². The highest BCUT2D eigenvalue weighted by Gasteiger charge is 2.34. The molecule has 3 nitrogen and oxygen atoms in total. The van der Waals surface area contributed by atoms with Crippen molar-refractivity contribution in [2.75, 3.05) is 11.9 Å². The van der Waals surface area contributed by atoms with Crippen LogP contribution in [0.3, 0.4) is 0 Å². The van der Waals surface area contributed by atoms with E-state index in [9.17, 15) is 18.3 Å². The number of anilines is 1. The Morgan fingerprint density at radius 1 is 1.35 bits per heavy atom. The summed E-state index contributed by atoms with van der Waals surface area (Å²) in [5.74, 6) is 0.187. The molecular formula is C14H21F3N2O. The Morgan fingerprint density at radius 3 is 2.55 bits per heavy atom. The Labute approximate surface area is 117 Å². The number of hydrogen-bond donors (Lipinski definition) is 2. The summed E-state index contributed by atoms with van der Waals surface area (Å²) in [7, 11) is 0. The smallest absolute Gasteiger partial charge is 0.388 e. The largest absolute Gasteiger partial charge is 0.419 e. The monoisotopic (exact) mass is 290 g/mol. The van der Waals surface area contributed by atoms with Crippen LogP contribution in [0.25, 0.3) is 0 Å². The minimum absolute atomic E-state index is 0.0276. The summed E-state index contributed by atoms with van der Waals surface area (Å²) in [5.41, 5.74) is -1.88. The van der Waals surface area contributed by atoms with E-state index in [1.807, 2.05) is 13.8 Å². The van der Waals surface area contributed by atoms with Crippen molar-refractivity contribution >= 4 is 5.82 Å². The molecule has 20 heavy (non-hydrogen) atoms. The average Bonchev–Trinajstić information content (AvgIpc) is 2.34. The Balaban J connectivity index is 2.70. The third-order valence-corrected chi connectivity index (χ3v) is 3.01. The van der Waals surface area contributed by atoms with Crippen molar-refractivity contribution in [1.82, 2.24) is 4.98 Å². The lowest BCUT2D eigenvalue weighted by atomic mass is 9.95. The number of halogens is 3. The van der Waals surface area contributed by atoms with Crippen LogP contribution in [-0.2, 0) is 6.18 Å². The molecule has 1 aromatic rings. The van der Waals surface area contributed by atoms with Crippen LogP contribution < -0.4 is 5.32 Å². The summed E-state index contributed by atoms with van der Waals surface area (Å²) in [4.78, 5) is 3.70.